The van der Waals surface area contributed by atoms with E-state index in [-0.39, 0.29) is 11.8 Å². The first-order chi connectivity index (χ1) is 10.7. The Bertz CT molecular complexity index is 712. The third-order valence-electron chi connectivity index (χ3n) is 5.40. The molecule has 1 heterocycles. The molecule has 0 radical (unpaired) electrons. The second kappa shape index (κ2) is 4.96. The highest BCUT2D eigenvalue weighted by Gasteiger charge is 2.55. The molecule has 0 amide bonds. The van der Waals surface area contributed by atoms with E-state index in [1.54, 1.807) is 0 Å². The number of hydrogen-bond donors (Lipinski definition) is 2. The molecule has 112 valence electrons. The van der Waals surface area contributed by atoms with Crippen LogP contribution in [0.1, 0.15) is 22.6 Å². The molecule has 1 aliphatic carbocycles. The first-order valence-electron chi connectivity index (χ1n) is 7.79. The summed E-state index contributed by atoms with van der Waals surface area (Å²) in [5.74, 6) is -0.419. The van der Waals surface area contributed by atoms with E-state index in [0.717, 1.165) is 6.54 Å². The number of hydrogen-bond acceptors (Lipinski definition) is 2. The zero-order valence-corrected chi connectivity index (χ0v) is 12.3. The Morgan fingerprint density at radius 3 is 2.59 bits per heavy atom. The van der Waals surface area contributed by atoms with Crippen LogP contribution in [-0.2, 0) is 11.2 Å². The van der Waals surface area contributed by atoms with Crippen molar-refractivity contribution in [2.24, 2.45) is 11.3 Å². The van der Waals surface area contributed by atoms with Gasteiger partial charge in [-0.2, -0.15) is 0 Å². The molecule has 0 bridgehead atoms. The standard InChI is InChI=1S/C19H19NO2/c21-18(22)19-10-14-8-4-5-9-15(14)17(16(19)11-20-12-19)13-6-2-1-3-7-13/h1-9,16-17,20H,10-12H2,(H,21,22). The summed E-state index contributed by atoms with van der Waals surface area (Å²) >= 11 is 0. The van der Waals surface area contributed by atoms with Crippen LogP contribution in [0.2, 0.25) is 0 Å². The molecular weight excluding hydrogens is 274 g/mol. The highest BCUT2D eigenvalue weighted by Crippen LogP contribution is 2.51. The molecule has 3 unspecified atom stereocenters. The second-order valence-electron chi connectivity index (χ2n) is 6.46. The van der Waals surface area contributed by atoms with Crippen molar-refractivity contribution in [3.63, 3.8) is 0 Å². The lowest BCUT2D eigenvalue weighted by atomic mass is 9.60. The van der Waals surface area contributed by atoms with Gasteiger partial charge in [0.1, 0.15) is 0 Å². The van der Waals surface area contributed by atoms with E-state index in [2.05, 4.69) is 35.6 Å². The Balaban J connectivity index is 1.93. The molecule has 1 fully saturated rings. The molecule has 3 atom stereocenters. The highest BCUT2D eigenvalue weighted by atomic mass is 16.4. The van der Waals surface area contributed by atoms with Crippen molar-refractivity contribution < 1.29 is 9.90 Å². The molecule has 4 rings (SSSR count). The van der Waals surface area contributed by atoms with Gasteiger partial charge in [0.05, 0.1) is 5.41 Å². The molecule has 3 nitrogen and oxygen atoms in total. The van der Waals surface area contributed by atoms with Gasteiger partial charge in [-0.3, -0.25) is 4.79 Å². The van der Waals surface area contributed by atoms with E-state index in [1.807, 2.05) is 24.3 Å². The fourth-order valence-corrected chi connectivity index (χ4v) is 4.34. The first-order valence-corrected chi connectivity index (χ1v) is 7.79. The smallest absolute Gasteiger partial charge is 0.311 e. The van der Waals surface area contributed by atoms with Gasteiger partial charge in [-0.25, -0.2) is 0 Å². The van der Waals surface area contributed by atoms with E-state index in [9.17, 15) is 9.90 Å². The predicted molar refractivity (Wildman–Crippen MR) is 84.9 cm³/mol. The van der Waals surface area contributed by atoms with Gasteiger partial charge in [-0.15, -0.1) is 0 Å². The first kappa shape index (κ1) is 13.5. The normalized spacial score (nSPS) is 29.6. The van der Waals surface area contributed by atoms with E-state index >= 15 is 0 Å². The Hall–Kier alpha value is -2.13. The molecule has 0 spiro atoms. The van der Waals surface area contributed by atoms with Gasteiger partial charge >= 0.3 is 5.97 Å². The highest BCUT2D eigenvalue weighted by molar-refractivity contribution is 5.78. The van der Waals surface area contributed by atoms with Crippen LogP contribution in [-0.4, -0.2) is 24.2 Å². The zero-order valence-electron chi connectivity index (χ0n) is 12.3. The third kappa shape index (κ3) is 1.82. The van der Waals surface area contributed by atoms with Crippen molar-refractivity contribution in [2.75, 3.05) is 13.1 Å². The molecule has 0 aromatic heterocycles. The van der Waals surface area contributed by atoms with Crippen LogP contribution in [0.15, 0.2) is 54.6 Å². The Morgan fingerprint density at radius 1 is 1.09 bits per heavy atom. The van der Waals surface area contributed by atoms with Crippen LogP contribution in [0.4, 0.5) is 0 Å². The summed E-state index contributed by atoms with van der Waals surface area (Å²) in [7, 11) is 0. The van der Waals surface area contributed by atoms with Gasteiger partial charge in [0.2, 0.25) is 0 Å². The van der Waals surface area contributed by atoms with Crippen LogP contribution in [0, 0.1) is 11.3 Å². The summed E-state index contributed by atoms with van der Waals surface area (Å²) in [6, 6.07) is 18.7. The third-order valence-corrected chi connectivity index (χ3v) is 5.40. The fraction of sp³-hybridized carbons (Fsp3) is 0.316. The molecule has 2 aromatic carbocycles. The minimum absolute atomic E-state index is 0.0994. The second-order valence-corrected chi connectivity index (χ2v) is 6.46. The molecule has 2 aromatic rings. The number of nitrogens with one attached hydrogen (secondary N) is 1. The van der Waals surface area contributed by atoms with E-state index in [4.69, 9.17) is 0 Å². The number of benzene rings is 2. The maximum absolute atomic E-state index is 12.1. The van der Waals surface area contributed by atoms with Crippen molar-refractivity contribution in [1.82, 2.24) is 5.32 Å². The molecule has 2 N–H and O–H groups in total. The molecule has 22 heavy (non-hydrogen) atoms. The topological polar surface area (TPSA) is 49.3 Å². The van der Waals surface area contributed by atoms with Gasteiger partial charge in [0, 0.05) is 19.0 Å². The number of carboxylic acid groups (broad SMARTS) is 1. The molecule has 2 aliphatic rings. The van der Waals surface area contributed by atoms with Crippen LogP contribution in [0.25, 0.3) is 0 Å². The molecular formula is C19H19NO2. The van der Waals surface area contributed by atoms with Gasteiger partial charge in [0.25, 0.3) is 0 Å². The van der Waals surface area contributed by atoms with Crippen molar-refractivity contribution in [3.05, 3.63) is 71.3 Å². The average molecular weight is 293 g/mol. The van der Waals surface area contributed by atoms with Crippen LogP contribution < -0.4 is 5.32 Å². The lowest BCUT2D eigenvalue weighted by Gasteiger charge is -2.42. The average Bonchev–Trinajstić information content (AvgIpc) is 2.98. The van der Waals surface area contributed by atoms with Crippen molar-refractivity contribution in [2.45, 2.75) is 12.3 Å². The van der Waals surface area contributed by atoms with Gasteiger partial charge in [-0.05, 0) is 29.0 Å². The summed E-state index contributed by atoms with van der Waals surface area (Å²) in [5.41, 5.74) is 3.00. The van der Waals surface area contributed by atoms with Crippen LogP contribution in [0.5, 0.6) is 0 Å². The lowest BCUT2D eigenvalue weighted by molar-refractivity contribution is -0.151. The van der Waals surface area contributed by atoms with Crippen molar-refractivity contribution >= 4 is 5.97 Å². The van der Waals surface area contributed by atoms with Crippen LogP contribution in [0.3, 0.4) is 0 Å². The maximum atomic E-state index is 12.1. The predicted octanol–water partition coefficient (Wildman–Crippen LogP) is 2.67. The molecule has 1 aliphatic heterocycles. The maximum Gasteiger partial charge on any atom is 0.311 e. The van der Waals surface area contributed by atoms with E-state index < -0.39 is 11.4 Å². The number of rotatable bonds is 2. The monoisotopic (exact) mass is 293 g/mol. The molecule has 1 saturated heterocycles. The number of carboxylic acids is 1. The number of aliphatic carboxylic acids is 1. The molecule has 0 saturated carbocycles. The Morgan fingerprint density at radius 2 is 1.82 bits per heavy atom. The lowest BCUT2D eigenvalue weighted by Crippen LogP contribution is -2.46. The zero-order chi connectivity index (χ0) is 15.2. The quantitative estimate of drug-likeness (QED) is 0.895. The summed E-state index contributed by atoms with van der Waals surface area (Å²) in [5, 5.41) is 13.3. The molecule has 3 heteroatoms. The minimum atomic E-state index is -0.686. The van der Waals surface area contributed by atoms with Crippen LogP contribution >= 0.6 is 0 Å². The van der Waals surface area contributed by atoms with Gasteiger partial charge in [-0.1, -0.05) is 54.6 Å². The Labute approximate surface area is 130 Å². The summed E-state index contributed by atoms with van der Waals surface area (Å²) in [6.45, 7) is 1.32. The number of carbonyl (C=O) groups is 1. The van der Waals surface area contributed by atoms with E-state index in [1.165, 1.54) is 16.7 Å². The van der Waals surface area contributed by atoms with Gasteiger partial charge < -0.3 is 10.4 Å². The van der Waals surface area contributed by atoms with E-state index in [0.29, 0.717) is 13.0 Å². The van der Waals surface area contributed by atoms with Crippen molar-refractivity contribution in [1.29, 1.82) is 0 Å². The van der Waals surface area contributed by atoms with Crippen molar-refractivity contribution in [3.8, 4) is 0 Å². The summed E-state index contributed by atoms with van der Waals surface area (Å²) < 4.78 is 0. The Kier molecular flexibility index (Phi) is 3.05. The summed E-state index contributed by atoms with van der Waals surface area (Å²) in [6.07, 6.45) is 0.625. The SMILES string of the molecule is O=C(O)C12CNCC1C(c1ccccc1)c1ccccc1C2. The number of fused-ring (bicyclic) bond motifs is 2. The largest absolute Gasteiger partial charge is 0.481 e. The summed E-state index contributed by atoms with van der Waals surface area (Å²) in [4.78, 5) is 12.1. The van der Waals surface area contributed by atoms with Gasteiger partial charge in [0.15, 0.2) is 0 Å². The fourth-order valence-electron chi connectivity index (χ4n) is 4.34. The minimum Gasteiger partial charge on any atom is -0.481 e.